The lowest BCUT2D eigenvalue weighted by Gasteiger charge is -2.21. The van der Waals surface area contributed by atoms with Crippen LogP contribution < -0.4 is 10.1 Å². The topological polar surface area (TPSA) is 64.1 Å². The number of carbonyl (C=O) groups is 1. The number of aromatic nitrogens is 2. The van der Waals surface area contributed by atoms with Gasteiger partial charge in [0.15, 0.2) is 5.75 Å². The maximum absolute atomic E-state index is 12.0. The number of hydrogen-bond acceptors (Lipinski definition) is 4. The summed E-state index contributed by atoms with van der Waals surface area (Å²) in [5.74, 6) is 0.489. The molecule has 25 heavy (non-hydrogen) atoms. The molecule has 0 saturated heterocycles. The van der Waals surface area contributed by atoms with Crippen LogP contribution in [0.5, 0.6) is 5.75 Å². The van der Waals surface area contributed by atoms with Crippen LogP contribution in [0, 0.1) is 11.8 Å². The molecule has 1 aromatic carbocycles. The molecule has 5 nitrogen and oxygen atoms in total. The van der Waals surface area contributed by atoms with E-state index in [9.17, 15) is 4.79 Å². The molecule has 8 heteroatoms. The molecule has 0 aliphatic heterocycles. The van der Waals surface area contributed by atoms with Crippen molar-refractivity contribution in [1.82, 2.24) is 15.3 Å². The van der Waals surface area contributed by atoms with Gasteiger partial charge in [0.05, 0.1) is 22.8 Å². The first-order valence-electron chi connectivity index (χ1n) is 7.70. The van der Waals surface area contributed by atoms with E-state index in [1.54, 1.807) is 12.1 Å². The molecule has 0 saturated carbocycles. The first-order valence-corrected chi connectivity index (χ1v) is 8.83. The first kappa shape index (κ1) is 19.8. The molecule has 1 N–H and O–H groups in total. The molecule has 0 aliphatic carbocycles. The van der Waals surface area contributed by atoms with Crippen LogP contribution in [0.15, 0.2) is 30.7 Å². The molecule has 0 fully saturated rings. The number of ether oxygens (including phenoxy) is 1. The molecule has 0 radical (unpaired) electrons. The molecule has 2 atom stereocenters. The second-order valence-corrected chi connectivity index (χ2v) is 7.02. The van der Waals surface area contributed by atoms with Crippen LogP contribution in [0.1, 0.15) is 24.3 Å². The van der Waals surface area contributed by atoms with Gasteiger partial charge >= 0.3 is 0 Å². The standard InChI is InChI=1S/C17H18Cl3N3O2/c1-10(7-23-17(24)15-8-21-3-4-22-15)11(2)9-25-16-13(19)5-12(18)6-14(16)20/h3-6,8,10-11H,7,9H2,1-2H3,(H,23,24). The van der Waals surface area contributed by atoms with Gasteiger partial charge in [-0.1, -0.05) is 48.7 Å². The lowest BCUT2D eigenvalue weighted by Crippen LogP contribution is -2.32. The van der Waals surface area contributed by atoms with Crippen LogP contribution in [0.4, 0.5) is 0 Å². The van der Waals surface area contributed by atoms with E-state index in [1.165, 1.54) is 18.6 Å². The van der Waals surface area contributed by atoms with E-state index in [2.05, 4.69) is 15.3 Å². The van der Waals surface area contributed by atoms with Crippen molar-refractivity contribution >= 4 is 40.7 Å². The van der Waals surface area contributed by atoms with Crippen molar-refractivity contribution < 1.29 is 9.53 Å². The molecule has 134 valence electrons. The van der Waals surface area contributed by atoms with Crippen molar-refractivity contribution in [1.29, 1.82) is 0 Å². The third kappa shape index (κ3) is 5.73. The molecule has 2 unspecified atom stereocenters. The van der Waals surface area contributed by atoms with E-state index in [4.69, 9.17) is 39.5 Å². The molecule has 0 bridgehead atoms. The van der Waals surface area contributed by atoms with E-state index >= 15 is 0 Å². The van der Waals surface area contributed by atoms with Gasteiger partial charge in [0.2, 0.25) is 0 Å². The minimum absolute atomic E-state index is 0.157. The number of halogens is 3. The van der Waals surface area contributed by atoms with E-state index < -0.39 is 0 Å². The van der Waals surface area contributed by atoms with Crippen LogP contribution in [0.25, 0.3) is 0 Å². The third-order valence-electron chi connectivity index (χ3n) is 3.81. The highest BCUT2D eigenvalue weighted by Crippen LogP contribution is 2.36. The van der Waals surface area contributed by atoms with E-state index in [0.717, 1.165) is 0 Å². The Hall–Kier alpha value is -1.56. The predicted octanol–water partition coefficient (Wildman–Crippen LogP) is 4.52. The maximum atomic E-state index is 12.0. The van der Waals surface area contributed by atoms with Crippen LogP contribution in [0.3, 0.4) is 0 Å². The zero-order valence-electron chi connectivity index (χ0n) is 13.8. The summed E-state index contributed by atoms with van der Waals surface area (Å²) in [5, 5.41) is 4.03. The first-order chi connectivity index (χ1) is 11.9. The predicted molar refractivity (Wildman–Crippen MR) is 99.7 cm³/mol. The van der Waals surface area contributed by atoms with Gasteiger partial charge in [-0.05, 0) is 24.0 Å². The number of hydrogen-bond donors (Lipinski definition) is 1. The Morgan fingerprint density at radius 2 is 1.84 bits per heavy atom. The van der Waals surface area contributed by atoms with Gasteiger partial charge in [-0.3, -0.25) is 9.78 Å². The Kier molecular flexibility index (Phi) is 7.29. The maximum Gasteiger partial charge on any atom is 0.271 e. The largest absolute Gasteiger partial charge is 0.490 e. The summed E-state index contributed by atoms with van der Waals surface area (Å²) < 4.78 is 5.74. The minimum Gasteiger partial charge on any atom is -0.490 e. The second-order valence-electron chi connectivity index (χ2n) is 5.76. The fourth-order valence-electron chi connectivity index (χ4n) is 2.01. The Morgan fingerprint density at radius 3 is 2.44 bits per heavy atom. The van der Waals surface area contributed by atoms with Crippen LogP contribution in [-0.4, -0.2) is 29.0 Å². The third-order valence-corrected chi connectivity index (χ3v) is 4.59. The number of rotatable bonds is 7. The van der Waals surface area contributed by atoms with Crippen molar-refractivity contribution in [2.75, 3.05) is 13.2 Å². The van der Waals surface area contributed by atoms with Crippen LogP contribution in [0.2, 0.25) is 15.1 Å². The van der Waals surface area contributed by atoms with Gasteiger partial charge in [0, 0.05) is 24.0 Å². The van der Waals surface area contributed by atoms with Gasteiger partial charge in [0.1, 0.15) is 5.69 Å². The van der Waals surface area contributed by atoms with E-state index in [0.29, 0.717) is 39.7 Å². The normalized spacial score (nSPS) is 13.2. The number of nitrogens with one attached hydrogen (secondary N) is 1. The minimum atomic E-state index is -0.253. The van der Waals surface area contributed by atoms with E-state index in [1.807, 2.05) is 13.8 Å². The van der Waals surface area contributed by atoms with Crippen LogP contribution >= 0.6 is 34.8 Å². The molecule has 1 aromatic heterocycles. The van der Waals surface area contributed by atoms with Gasteiger partial charge in [0.25, 0.3) is 5.91 Å². The Bertz CT molecular complexity index is 705. The highest BCUT2D eigenvalue weighted by molar-refractivity contribution is 6.40. The molecule has 0 aliphatic rings. The van der Waals surface area contributed by atoms with Crippen molar-refractivity contribution in [2.24, 2.45) is 11.8 Å². The second kappa shape index (κ2) is 9.22. The van der Waals surface area contributed by atoms with Crippen molar-refractivity contribution in [2.45, 2.75) is 13.8 Å². The van der Waals surface area contributed by atoms with Crippen molar-refractivity contribution in [3.63, 3.8) is 0 Å². The quantitative estimate of drug-likeness (QED) is 0.739. The number of benzene rings is 1. The molecule has 0 spiro atoms. The fourth-order valence-corrected chi connectivity index (χ4v) is 2.93. The van der Waals surface area contributed by atoms with Gasteiger partial charge < -0.3 is 10.1 Å². The Balaban J connectivity index is 1.84. The average molecular weight is 403 g/mol. The van der Waals surface area contributed by atoms with Crippen LogP contribution in [-0.2, 0) is 0 Å². The zero-order chi connectivity index (χ0) is 18.4. The average Bonchev–Trinajstić information content (AvgIpc) is 2.58. The highest BCUT2D eigenvalue weighted by Gasteiger charge is 2.17. The highest BCUT2D eigenvalue weighted by atomic mass is 35.5. The summed E-state index contributed by atoms with van der Waals surface area (Å²) in [5.41, 5.74) is 0.290. The molecule has 2 aromatic rings. The molecule has 1 heterocycles. The summed E-state index contributed by atoms with van der Waals surface area (Å²) in [6.45, 7) is 4.94. The van der Waals surface area contributed by atoms with Crippen molar-refractivity contribution in [3.05, 3.63) is 51.5 Å². The zero-order valence-corrected chi connectivity index (χ0v) is 16.1. The van der Waals surface area contributed by atoms with Gasteiger partial charge in [-0.2, -0.15) is 0 Å². The molecule has 2 rings (SSSR count). The Morgan fingerprint density at radius 1 is 1.16 bits per heavy atom. The summed E-state index contributed by atoms with van der Waals surface area (Å²) in [6, 6.07) is 3.17. The number of carbonyl (C=O) groups excluding carboxylic acids is 1. The molecular weight excluding hydrogens is 385 g/mol. The summed E-state index contributed by atoms with van der Waals surface area (Å²) >= 11 is 18.1. The van der Waals surface area contributed by atoms with E-state index in [-0.39, 0.29) is 17.7 Å². The van der Waals surface area contributed by atoms with Gasteiger partial charge in [-0.15, -0.1) is 0 Å². The lowest BCUT2D eigenvalue weighted by atomic mass is 9.97. The summed E-state index contributed by atoms with van der Waals surface area (Å²) in [6.07, 6.45) is 4.43. The Labute approximate surface area is 161 Å². The summed E-state index contributed by atoms with van der Waals surface area (Å²) in [7, 11) is 0. The number of amides is 1. The molecular formula is C17H18Cl3N3O2. The lowest BCUT2D eigenvalue weighted by molar-refractivity contribution is 0.0934. The fraction of sp³-hybridized carbons (Fsp3) is 0.353. The monoisotopic (exact) mass is 401 g/mol. The van der Waals surface area contributed by atoms with Gasteiger partial charge in [-0.25, -0.2) is 4.98 Å². The summed E-state index contributed by atoms with van der Waals surface area (Å²) in [4.78, 5) is 19.8. The SMILES string of the molecule is CC(CNC(=O)c1cnccn1)C(C)COc1c(Cl)cc(Cl)cc1Cl. The smallest absolute Gasteiger partial charge is 0.271 e. The molecule has 1 amide bonds. The van der Waals surface area contributed by atoms with Crippen molar-refractivity contribution in [3.8, 4) is 5.75 Å². The number of nitrogens with zero attached hydrogens (tertiary/aromatic N) is 2.